The van der Waals surface area contributed by atoms with Gasteiger partial charge >= 0.3 is 0 Å². The van der Waals surface area contributed by atoms with Gasteiger partial charge in [-0.05, 0) is 18.2 Å². The lowest BCUT2D eigenvalue weighted by molar-refractivity contribution is 0.0942. The Morgan fingerprint density at radius 2 is 2.15 bits per heavy atom. The van der Waals surface area contributed by atoms with Gasteiger partial charge < -0.3 is 10.6 Å². The Morgan fingerprint density at radius 1 is 1.45 bits per heavy atom. The van der Waals surface area contributed by atoms with Crippen molar-refractivity contribution in [1.29, 1.82) is 0 Å². The fourth-order valence-corrected chi connectivity index (χ4v) is 2.40. The van der Waals surface area contributed by atoms with E-state index in [1.807, 2.05) is 0 Å². The second-order valence-corrected chi connectivity index (χ2v) is 6.55. The molecule has 0 aromatic heterocycles. The second-order valence-electron chi connectivity index (χ2n) is 4.80. The van der Waals surface area contributed by atoms with Gasteiger partial charge in [0.05, 0.1) is 17.5 Å². The number of hydrogen-bond acceptors (Lipinski definition) is 4. The molecule has 0 spiro atoms. The van der Waals surface area contributed by atoms with Crippen LogP contribution in [0.2, 0.25) is 0 Å². The number of anilines is 1. The second kappa shape index (κ2) is 5.76. The Balaban J connectivity index is 2.14. The minimum atomic E-state index is -3.53. The van der Waals surface area contributed by atoms with Gasteiger partial charge in [-0.1, -0.05) is 0 Å². The summed E-state index contributed by atoms with van der Waals surface area (Å²) in [5.41, 5.74) is 0.0424. The first-order chi connectivity index (χ1) is 9.35. The van der Waals surface area contributed by atoms with E-state index in [-0.39, 0.29) is 11.3 Å². The van der Waals surface area contributed by atoms with Gasteiger partial charge in [-0.3, -0.25) is 9.52 Å². The third-order valence-corrected chi connectivity index (χ3v) is 3.53. The van der Waals surface area contributed by atoms with Crippen molar-refractivity contribution in [2.45, 2.75) is 0 Å². The average molecular weight is 301 g/mol. The monoisotopic (exact) mass is 301 g/mol. The standard InChI is InChI=1S/C12H16FN3O3S/c1-20(18,19)16-11-3-2-9(13)4-10(11)12(17)15-7-8-5-14-6-8/h2-4,8,14,16H,5-7H2,1H3,(H,15,17). The van der Waals surface area contributed by atoms with Crippen LogP contribution in [0.25, 0.3) is 0 Å². The van der Waals surface area contributed by atoms with E-state index < -0.39 is 21.7 Å². The summed E-state index contributed by atoms with van der Waals surface area (Å²) in [7, 11) is -3.53. The summed E-state index contributed by atoms with van der Waals surface area (Å²) in [6.07, 6.45) is 0.970. The molecule has 1 aliphatic rings. The van der Waals surface area contributed by atoms with E-state index in [2.05, 4.69) is 15.4 Å². The lowest BCUT2D eigenvalue weighted by Gasteiger charge is -2.27. The lowest BCUT2D eigenvalue weighted by Crippen LogP contribution is -2.48. The van der Waals surface area contributed by atoms with E-state index in [4.69, 9.17) is 0 Å². The lowest BCUT2D eigenvalue weighted by atomic mass is 10.0. The number of rotatable bonds is 5. The van der Waals surface area contributed by atoms with Gasteiger partial charge in [-0.25, -0.2) is 12.8 Å². The fraction of sp³-hybridized carbons (Fsp3) is 0.417. The molecule has 1 fully saturated rings. The topological polar surface area (TPSA) is 87.3 Å². The van der Waals surface area contributed by atoms with E-state index in [1.165, 1.54) is 6.07 Å². The summed E-state index contributed by atoms with van der Waals surface area (Å²) in [5.74, 6) is -0.735. The molecule has 1 saturated heterocycles. The molecular formula is C12H16FN3O3S. The zero-order valence-electron chi connectivity index (χ0n) is 10.9. The van der Waals surface area contributed by atoms with Crippen LogP contribution in [0.1, 0.15) is 10.4 Å². The minimum absolute atomic E-state index is 0.0253. The summed E-state index contributed by atoms with van der Waals surface area (Å²) >= 11 is 0. The Labute approximate surface area is 116 Å². The van der Waals surface area contributed by atoms with Crippen molar-refractivity contribution in [2.75, 3.05) is 30.6 Å². The molecule has 0 bridgehead atoms. The minimum Gasteiger partial charge on any atom is -0.352 e. The number of halogens is 1. The van der Waals surface area contributed by atoms with Gasteiger partial charge in [0.25, 0.3) is 5.91 Å². The van der Waals surface area contributed by atoms with Crippen molar-refractivity contribution in [2.24, 2.45) is 5.92 Å². The van der Waals surface area contributed by atoms with Crippen molar-refractivity contribution >= 4 is 21.6 Å². The molecule has 1 aromatic carbocycles. The maximum atomic E-state index is 13.2. The summed E-state index contributed by atoms with van der Waals surface area (Å²) in [6, 6.07) is 3.35. The Kier molecular flexibility index (Phi) is 4.24. The first-order valence-electron chi connectivity index (χ1n) is 6.11. The van der Waals surface area contributed by atoms with Crippen LogP contribution in [0.3, 0.4) is 0 Å². The van der Waals surface area contributed by atoms with Gasteiger partial charge in [0, 0.05) is 25.6 Å². The largest absolute Gasteiger partial charge is 0.352 e. The van der Waals surface area contributed by atoms with Crippen LogP contribution in [-0.2, 0) is 10.0 Å². The van der Waals surface area contributed by atoms with Crippen LogP contribution >= 0.6 is 0 Å². The van der Waals surface area contributed by atoms with Crippen LogP contribution in [0.4, 0.5) is 10.1 Å². The fourth-order valence-electron chi connectivity index (χ4n) is 1.82. The SMILES string of the molecule is CS(=O)(=O)Nc1ccc(F)cc1C(=O)NCC1CNC1. The zero-order valence-corrected chi connectivity index (χ0v) is 11.8. The molecule has 0 unspecified atom stereocenters. The highest BCUT2D eigenvalue weighted by atomic mass is 32.2. The molecule has 1 aliphatic heterocycles. The summed E-state index contributed by atoms with van der Waals surface area (Å²) in [5, 5.41) is 5.75. The van der Waals surface area contributed by atoms with E-state index in [9.17, 15) is 17.6 Å². The Bertz CT molecular complexity index is 614. The molecular weight excluding hydrogens is 285 g/mol. The van der Waals surface area contributed by atoms with Crippen LogP contribution in [0, 0.1) is 11.7 Å². The summed E-state index contributed by atoms with van der Waals surface area (Å²) in [6.45, 7) is 2.14. The molecule has 6 nitrogen and oxygen atoms in total. The van der Waals surface area contributed by atoms with Crippen molar-refractivity contribution < 1.29 is 17.6 Å². The van der Waals surface area contributed by atoms with Crippen molar-refractivity contribution in [3.05, 3.63) is 29.6 Å². The number of carbonyl (C=O) groups excluding carboxylic acids is 1. The number of nitrogens with one attached hydrogen (secondary N) is 3. The normalized spacial score (nSPS) is 15.5. The number of carbonyl (C=O) groups is 1. The van der Waals surface area contributed by atoms with Crippen molar-refractivity contribution in [3.8, 4) is 0 Å². The highest BCUT2D eigenvalue weighted by molar-refractivity contribution is 7.92. The predicted molar refractivity (Wildman–Crippen MR) is 73.6 cm³/mol. The Morgan fingerprint density at radius 3 is 2.70 bits per heavy atom. The molecule has 3 N–H and O–H groups in total. The van der Waals surface area contributed by atoms with Crippen molar-refractivity contribution in [1.82, 2.24) is 10.6 Å². The molecule has 110 valence electrons. The van der Waals surface area contributed by atoms with Gasteiger partial charge in [0.1, 0.15) is 5.82 Å². The molecule has 1 aromatic rings. The van der Waals surface area contributed by atoms with E-state index in [0.29, 0.717) is 12.5 Å². The molecule has 1 heterocycles. The summed E-state index contributed by atoms with van der Waals surface area (Å²) < 4.78 is 37.9. The molecule has 1 amide bonds. The third kappa shape index (κ3) is 3.91. The highest BCUT2D eigenvalue weighted by Crippen LogP contribution is 2.18. The molecule has 8 heteroatoms. The number of benzene rings is 1. The molecule has 0 radical (unpaired) electrons. The van der Waals surface area contributed by atoms with Gasteiger partial charge in [0.15, 0.2) is 0 Å². The smallest absolute Gasteiger partial charge is 0.253 e. The molecule has 0 aliphatic carbocycles. The van der Waals surface area contributed by atoms with Gasteiger partial charge in [0.2, 0.25) is 10.0 Å². The molecule has 20 heavy (non-hydrogen) atoms. The molecule has 0 saturated carbocycles. The van der Waals surface area contributed by atoms with Crippen LogP contribution in [-0.4, -0.2) is 40.2 Å². The summed E-state index contributed by atoms with van der Waals surface area (Å²) in [4.78, 5) is 12.0. The average Bonchev–Trinajstić information content (AvgIpc) is 2.27. The first kappa shape index (κ1) is 14.7. The number of amides is 1. The van der Waals surface area contributed by atoms with Gasteiger partial charge in [-0.15, -0.1) is 0 Å². The van der Waals surface area contributed by atoms with E-state index >= 15 is 0 Å². The maximum Gasteiger partial charge on any atom is 0.253 e. The van der Waals surface area contributed by atoms with E-state index in [0.717, 1.165) is 31.5 Å². The van der Waals surface area contributed by atoms with Crippen LogP contribution in [0.15, 0.2) is 18.2 Å². The van der Waals surface area contributed by atoms with Crippen LogP contribution < -0.4 is 15.4 Å². The Hall–Kier alpha value is -1.67. The predicted octanol–water partition coefficient (Wildman–Crippen LogP) is 0.146. The highest BCUT2D eigenvalue weighted by Gasteiger charge is 2.20. The zero-order chi connectivity index (χ0) is 14.8. The van der Waals surface area contributed by atoms with E-state index in [1.54, 1.807) is 0 Å². The van der Waals surface area contributed by atoms with Crippen LogP contribution in [0.5, 0.6) is 0 Å². The molecule has 0 atom stereocenters. The molecule has 2 rings (SSSR count). The quantitative estimate of drug-likeness (QED) is 0.722. The first-order valence-corrected chi connectivity index (χ1v) is 8.00. The third-order valence-electron chi connectivity index (χ3n) is 2.94. The van der Waals surface area contributed by atoms with Gasteiger partial charge in [-0.2, -0.15) is 0 Å². The maximum absolute atomic E-state index is 13.2. The number of hydrogen-bond donors (Lipinski definition) is 3. The van der Waals surface area contributed by atoms with Crippen molar-refractivity contribution in [3.63, 3.8) is 0 Å². The number of sulfonamides is 1.